The molecule has 1 aromatic heterocycles. The Hall–Kier alpha value is -0.850. The summed E-state index contributed by atoms with van der Waals surface area (Å²) in [6.45, 7) is 0. The Kier molecular flexibility index (Phi) is 5.71. The summed E-state index contributed by atoms with van der Waals surface area (Å²) in [6, 6.07) is 2.76. The number of aromatic nitrogens is 1. The predicted octanol–water partition coefficient (Wildman–Crippen LogP) is 1.73. The molecule has 1 radical (unpaired) electrons. The molecule has 7 heteroatoms. The molecule has 81 valence electrons. The fourth-order valence-corrected chi connectivity index (χ4v) is 0.804. The molecule has 0 saturated carbocycles. The Morgan fingerprint density at radius 3 is 2.50 bits per heavy atom. The Bertz CT molecular complexity index is 389. The van der Waals surface area contributed by atoms with Crippen LogP contribution in [-0.2, 0) is 4.79 Å². The van der Waals surface area contributed by atoms with Gasteiger partial charge in [0.15, 0.2) is 0 Å². The van der Waals surface area contributed by atoms with Crippen LogP contribution in [0.5, 0.6) is 0 Å². The van der Waals surface area contributed by atoms with Crippen LogP contribution in [0.4, 0.5) is 13.2 Å². The van der Waals surface area contributed by atoms with Gasteiger partial charge >= 0.3 is 6.18 Å². The van der Waals surface area contributed by atoms with E-state index in [0.717, 1.165) is 6.20 Å². The van der Waals surface area contributed by atoms with Crippen molar-refractivity contribution in [3.63, 3.8) is 0 Å². The van der Waals surface area contributed by atoms with E-state index in [1.54, 1.807) is 0 Å². The quantitative estimate of drug-likeness (QED) is 0.486. The van der Waals surface area contributed by atoms with Crippen molar-refractivity contribution in [1.29, 1.82) is 0 Å². The summed E-state index contributed by atoms with van der Waals surface area (Å²) >= 11 is 0. The van der Waals surface area contributed by atoms with Crippen LogP contribution in [0.25, 0.3) is 5.76 Å². The molecule has 1 N–H and O–H groups in total. The number of carbonyl (C=O) groups excluding carboxylic acids is 1. The van der Waals surface area contributed by atoms with Gasteiger partial charge in [-0.1, -0.05) is 0 Å². The minimum Gasteiger partial charge on any atom is -0.507 e. The van der Waals surface area contributed by atoms with Gasteiger partial charge in [0.25, 0.3) is 5.78 Å². The molecular weight excluding hydrogens is 234 g/mol. The van der Waals surface area contributed by atoms with Crippen LogP contribution in [0.2, 0.25) is 0 Å². The number of ketones is 1. The summed E-state index contributed by atoms with van der Waals surface area (Å²) in [4.78, 5) is 14.0. The van der Waals surface area contributed by atoms with Gasteiger partial charge in [-0.25, -0.2) is 0 Å². The van der Waals surface area contributed by atoms with Crippen molar-refractivity contribution in [1.82, 2.24) is 4.98 Å². The summed E-state index contributed by atoms with van der Waals surface area (Å²) in [5.74, 6) is -2.87. The van der Waals surface area contributed by atoms with Gasteiger partial charge in [-0.3, -0.25) is 9.78 Å². The zero-order valence-corrected chi connectivity index (χ0v) is 10.3. The average molecular weight is 240 g/mol. The maximum absolute atomic E-state index is 11.8. The molecular formula is C9H6F3NNaO2. The summed E-state index contributed by atoms with van der Waals surface area (Å²) in [5.41, 5.74) is 0.0510. The van der Waals surface area contributed by atoms with Crippen molar-refractivity contribution in [3.05, 3.63) is 36.2 Å². The molecule has 0 atom stereocenters. The molecule has 0 amide bonds. The standard InChI is InChI=1S/C9H6F3NO2.Na/c10-9(11,12)8(15)4-7(14)6-2-1-3-13-5-6;/h1-5,14H;/b7-4-;. The number of carbonyl (C=O) groups is 1. The number of hydrogen-bond donors (Lipinski definition) is 1. The maximum Gasteiger partial charge on any atom is 0.454 e. The number of halogens is 3. The number of aliphatic hydroxyl groups excluding tert-OH is 1. The van der Waals surface area contributed by atoms with E-state index < -0.39 is 17.7 Å². The SMILES string of the molecule is O=C(/C=C(\O)c1cccnc1)C(F)(F)F.[Na]. The van der Waals surface area contributed by atoms with E-state index >= 15 is 0 Å². The van der Waals surface area contributed by atoms with E-state index in [9.17, 15) is 18.0 Å². The number of hydrogen-bond acceptors (Lipinski definition) is 3. The molecule has 0 spiro atoms. The van der Waals surface area contributed by atoms with Crippen molar-refractivity contribution in [3.8, 4) is 0 Å². The van der Waals surface area contributed by atoms with Gasteiger partial charge in [0.1, 0.15) is 5.76 Å². The predicted molar refractivity (Wildman–Crippen MR) is 51.7 cm³/mol. The Morgan fingerprint density at radius 1 is 1.44 bits per heavy atom. The largest absolute Gasteiger partial charge is 0.507 e. The molecule has 3 nitrogen and oxygen atoms in total. The molecule has 1 heterocycles. The minimum atomic E-state index is -4.98. The van der Waals surface area contributed by atoms with Crippen LogP contribution < -0.4 is 0 Å². The average Bonchev–Trinajstić information content (AvgIpc) is 2.17. The normalized spacial score (nSPS) is 11.8. The molecule has 1 rings (SSSR count). The summed E-state index contributed by atoms with van der Waals surface area (Å²) in [5, 5.41) is 9.15. The molecule has 0 saturated heterocycles. The van der Waals surface area contributed by atoms with Crippen LogP contribution >= 0.6 is 0 Å². The van der Waals surface area contributed by atoms with Gasteiger partial charge in [-0.15, -0.1) is 0 Å². The van der Waals surface area contributed by atoms with Crippen LogP contribution in [0.15, 0.2) is 30.6 Å². The van der Waals surface area contributed by atoms with Crippen LogP contribution in [0.1, 0.15) is 5.56 Å². The smallest absolute Gasteiger partial charge is 0.454 e. The van der Waals surface area contributed by atoms with Crippen LogP contribution in [-0.4, -0.2) is 51.6 Å². The molecule has 0 aromatic carbocycles. The first-order valence-electron chi connectivity index (χ1n) is 3.83. The van der Waals surface area contributed by atoms with Gasteiger partial charge in [-0.2, -0.15) is 13.2 Å². The van der Waals surface area contributed by atoms with Crippen LogP contribution in [0.3, 0.4) is 0 Å². The third-order valence-corrected chi connectivity index (χ3v) is 1.50. The van der Waals surface area contributed by atoms with Crippen molar-refractivity contribution in [2.45, 2.75) is 6.18 Å². The Balaban J connectivity index is 0.00000225. The first-order chi connectivity index (χ1) is 6.91. The number of aliphatic hydroxyl groups is 1. The van der Waals surface area contributed by atoms with E-state index in [4.69, 9.17) is 5.11 Å². The second-order valence-electron chi connectivity index (χ2n) is 2.63. The fraction of sp³-hybridized carbons (Fsp3) is 0.111. The molecule has 0 fully saturated rings. The van der Waals surface area contributed by atoms with Crippen molar-refractivity contribution in [2.75, 3.05) is 0 Å². The summed E-state index contributed by atoms with van der Waals surface area (Å²) < 4.78 is 35.4. The van der Waals surface area contributed by atoms with Crippen molar-refractivity contribution >= 4 is 41.1 Å². The molecule has 0 aliphatic rings. The first-order valence-corrected chi connectivity index (χ1v) is 3.83. The second-order valence-corrected chi connectivity index (χ2v) is 2.63. The monoisotopic (exact) mass is 240 g/mol. The number of nitrogens with zero attached hydrogens (tertiary/aromatic N) is 1. The molecule has 0 unspecified atom stereocenters. The fourth-order valence-electron chi connectivity index (χ4n) is 0.804. The molecule has 0 aliphatic heterocycles. The number of rotatable bonds is 2. The summed E-state index contributed by atoms with van der Waals surface area (Å²) in [7, 11) is 0. The molecule has 16 heavy (non-hydrogen) atoms. The van der Waals surface area contributed by atoms with E-state index in [1.165, 1.54) is 18.3 Å². The van der Waals surface area contributed by atoms with Crippen molar-refractivity contribution < 1.29 is 23.1 Å². The zero-order chi connectivity index (χ0) is 11.5. The Morgan fingerprint density at radius 2 is 2.06 bits per heavy atom. The number of allylic oxidation sites excluding steroid dienone is 1. The second kappa shape index (κ2) is 6.03. The van der Waals surface area contributed by atoms with Gasteiger partial charge in [0.05, 0.1) is 0 Å². The van der Waals surface area contributed by atoms with Gasteiger partial charge in [-0.05, 0) is 12.1 Å². The number of alkyl halides is 3. The van der Waals surface area contributed by atoms with Gasteiger partial charge in [0, 0.05) is 53.6 Å². The van der Waals surface area contributed by atoms with Crippen LogP contribution in [0, 0.1) is 0 Å². The Labute approximate surface area is 111 Å². The topological polar surface area (TPSA) is 50.2 Å². The first kappa shape index (κ1) is 15.2. The van der Waals surface area contributed by atoms with Crippen molar-refractivity contribution in [2.24, 2.45) is 0 Å². The van der Waals surface area contributed by atoms with Gasteiger partial charge < -0.3 is 5.11 Å². The van der Waals surface area contributed by atoms with E-state index in [2.05, 4.69) is 4.98 Å². The zero-order valence-electron chi connectivity index (χ0n) is 8.32. The van der Waals surface area contributed by atoms with E-state index in [-0.39, 0.29) is 41.2 Å². The molecule has 1 aromatic rings. The number of pyridine rings is 1. The minimum absolute atomic E-state index is 0. The van der Waals surface area contributed by atoms with E-state index in [0.29, 0.717) is 0 Å². The third-order valence-electron chi connectivity index (χ3n) is 1.50. The molecule has 0 bridgehead atoms. The molecule has 0 aliphatic carbocycles. The summed E-state index contributed by atoms with van der Waals surface area (Å²) in [6.07, 6.45) is -2.31. The third kappa shape index (κ3) is 4.34. The van der Waals surface area contributed by atoms with Gasteiger partial charge in [0.2, 0.25) is 0 Å². The maximum atomic E-state index is 11.8. The van der Waals surface area contributed by atoms with E-state index in [1.807, 2.05) is 0 Å².